The standard InChI is InChI=1S/C19H26N4O/c1-15-6-5-9-23-14-17(20-18(15)23)19(24)22-12-10-21(11-13-22)16-7-3-2-4-8-16/h5-6,9,14,16H,2-4,7-8,10-13H2,1H3. The molecule has 0 radical (unpaired) electrons. The second-order valence-electron chi connectivity index (χ2n) is 7.17. The average molecular weight is 326 g/mol. The molecular formula is C19H26N4O. The molecule has 0 bridgehead atoms. The molecule has 0 atom stereocenters. The highest BCUT2D eigenvalue weighted by Crippen LogP contribution is 2.23. The van der Waals surface area contributed by atoms with Crippen LogP contribution in [0.2, 0.25) is 0 Å². The van der Waals surface area contributed by atoms with Crippen LogP contribution in [0, 0.1) is 6.92 Å². The first kappa shape index (κ1) is 15.6. The number of hydrogen-bond donors (Lipinski definition) is 0. The number of pyridine rings is 1. The van der Waals surface area contributed by atoms with Gasteiger partial charge in [-0.2, -0.15) is 0 Å². The number of imidazole rings is 1. The largest absolute Gasteiger partial charge is 0.335 e. The van der Waals surface area contributed by atoms with Gasteiger partial charge in [-0.05, 0) is 31.4 Å². The number of hydrogen-bond acceptors (Lipinski definition) is 3. The van der Waals surface area contributed by atoms with Crippen molar-refractivity contribution in [2.24, 2.45) is 0 Å². The lowest BCUT2D eigenvalue weighted by atomic mass is 9.94. The quantitative estimate of drug-likeness (QED) is 0.852. The SMILES string of the molecule is Cc1cccn2cc(C(=O)N3CCN(C4CCCCC4)CC3)nc12. The van der Waals surface area contributed by atoms with Gasteiger partial charge in [0.2, 0.25) is 0 Å². The summed E-state index contributed by atoms with van der Waals surface area (Å²) in [6, 6.07) is 4.76. The summed E-state index contributed by atoms with van der Waals surface area (Å²) in [6.45, 7) is 5.68. The van der Waals surface area contributed by atoms with E-state index in [-0.39, 0.29) is 5.91 Å². The van der Waals surface area contributed by atoms with Gasteiger partial charge in [-0.15, -0.1) is 0 Å². The maximum atomic E-state index is 12.8. The van der Waals surface area contributed by atoms with E-state index < -0.39 is 0 Å². The summed E-state index contributed by atoms with van der Waals surface area (Å²) in [5.74, 6) is 0.0707. The number of nitrogens with zero attached hydrogens (tertiary/aromatic N) is 4. The fraction of sp³-hybridized carbons (Fsp3) is 0.579. The molecule has 0 aromatic carbocycles. The highest BCUT2D eigenvalue weighted by atomic mass is 16.2. The zero-order valence-corrected chi connectivity index (χ0v) is 14.4. The minimum Gasteiger partial charge on any atom is -0.335 e. The van der Waals surface area contributed by atoms with E-state index in [2.05, 4.69) is 9.88 Å². The maximum Gasteiger partial charge on any atom is 0.274 e. The number of carbonyl (C=O) groups is 1. The molecular weight excluding hydrogens is 300 g/mol. The van der Waals surface area contributed by atoms with Crippen molar-refractivity contribution in [1.29, 1.82) is 0 Å². The van der Waals surface area contributed by atoms with Crippen molar-refractivity contribution in [2.45, 2.75) is 45.1 Å². The Morgan fingerprint density at radius 3 is 2.58 bits per heavy atom. The van der Waals surface area contributed by atoms with Gasteiger partial charge in [0.15, 0.2) is 0 Å². The lowest BCUT2D eigenvalue weighted by molar-refractivity contribution is 0.0519. The molecule has 0 N–H and O–H groups in total. The predicted molar refractivity (Wildman–Crippen MR) is 94.3 cm³/mol. The third-order valence-corrected chi connectivity index (χ3v) is 5.59. The molecule has 0 unspecified atom stereocenters. The van der Waals surface area contributed by atoms with Crippen molar-refractivity contribution in [2.75, 3.05) is 26.2 Å². The molecule has 1 saturated carbocycles. The molecule has 1 amide bonds. The molecule has 24 heavy (non-hydrogen) atoms. The van der Waals surface area contributed by atoms with Crippen LogP contribution in [0.3, 0.4) is 0 Å². The third-order valence-electron chi connectivity index (χ3n) is 5.59. The van der Waals surface area contributed by atoms with Crippen LogP contribution in [0.25, 0.3) is 5.65 Å². The molecule has 0 spiro atoms. The van der Waals surface area contributed by atoms with Gasteiger partial charge >= 0.3 is 0 Å². The molecule has 2 aromatic rings. The van der Waals surface area contributed by atoms with E-state index in [9.17, 15) is 4.79 Å². The summed E-state index contributed by atoms with van der Waals surface area (Å²) in [5.41, 5.74) is 2.54. The van der Waals surface area contributed by atoms with E-state index in [1.807, 2.05) is 40.8 Å². The first-order valence-corrected chi connectivity index (χ1v) is 9.20. The fourth-order valence-electron chi connectivity index (χ4n) is 4.16. The summed E-state index contributed by atoms with van der Waals surface area (Å²) in [6.07, 6.45) is 10.6. The van der Waals surface area contributed by atoms with Gasteiger partial charge in [-0.1, -0.05) is 25.3 Å². The van der Waals surface area contributed by atoms with Gasteiger partial charge in [0.1, 0.15) is 11.3 Å². The van der Waals surface area contributed by atoms with Crippen LogP contribution in [-0.4, -0.2) is 57.3 Å². The minimum absolute atomic E-state index is 0.0707. The van der Waals surface area contributed by atoms with Crippen LogP contribution >= 0.6 is 0 Å². The van der Waals surface area contributed by atoms with Crippen molar-refractivity contribution in [1.82, 2.24) is 19.2 Å². The Morgan fingerprint density at radius 1 is 1.12 bits per heavy atom. The van der Waals surface area contributed by atoms with E-state index in [1.165, 1.54) is 32.1 Å². The fourth-order valence-corrected chi connectivity index (χ4v) is 4.16. The van der Waals surface area contributed by atoms with Gasteiger partial charge < -0.3 is 9.30 Å². The van der Waals surface area contributed by atoms with E-state index in [4.69, 9.17) is 0 Å². The number of carbonyl (C=O) groups excluding carboxylic acids is 1. The van der Waals surface area contributed by atoms with Gasteiger partial charge in [-0.3, -0.25) is 9.69 Å². The van der Waals surface area contributed by atoms with Crippen LogP contribution in [0.5, 0.6) is 0 Å². The second-order valence-corrected chi connectivity index (χ2v) is 7.17. The molecule has 2 fully saturated rings. The summed E-state index contributed by atoms with van der Waals surface area (Å²) in [7, 11) is 0. The Morgan fingerprint density at radius 2 is 1.88 bits per heavy atom. The zero-order chi connectivity index (χ0) is 16.5. The van der Waals surface area contributed by atoms with Crippen LogP contribution in [0.4, 0.5) is 0 Å². The first-order valence-electron chi connectivity index (χ1n) is 9.20. The molecule has 4 rings (SSSR count). The van der Waals surface area contributed by atoms with Crippen LogP contribution < -0.4 is 0 Å². The van der Waals surface area contributed by atoms with Crippen molar-refractivity contribution >= 4 is 11.6 Å². The number of fused-ring (bicyclic) bond motifs is 1. The lowest BCUT2D eigenvalue weighted by Gasteiger charge is -2.40. The predicted octanol–water partition coefficient (Wildman–Crippen LogP) is 2.73. The van der Waals surface area contributed by atoms with Crippen molar-refractivity contribution in [3.8, 4) is 0 Å². The number of amides is 1. The minimum atomic E-state index is 0.0707. The van der Waals surface area contributed by atoms with Crippen molar-refractivity contribution in [3.05, 3.63) is 35.8 Å². The third kappa shape index (κ3) is 2.93. The number of aryl methyl sites for hydroxylation is 1. The van der Waals surface area contributed by atoms with E-state index >= 15 is 0 Å². The lowest BCUT2D eigenvalue weighted by Crippen LogP contribution is -2.52. The molecule has 2 aliphatic rings. The second kappa shape index (κ2) is 6.55. The summed E-state index contributed by atoms with van der Waals surface area (Å²) < 4.78 is 1.95. The van der Waals surface area contributed by atoms with Crippen molar-refractivity contribution in [3.63, 3.8) is 0 Å². The molecule has 1 aliphatic heterocycles. The first-order chi connectivity index (χ1) is 11.7. The molecule has 1 saturated heterocycles. The smallest absolute Gasteiger partial charge is 0.274 e. The van der Waals surface area contributed by atoms with Gasteiger partial charge in [-0.25, -0.2) is 4.98 Å². The topological polar surface area (TPSA) is 40.9 Å². The van der Waals surface area contributed by atoms with Crippen LogP contribution in [0.1, 0.15) is 48.2 Å². The Kier molecular flexibility index (Phi) is 4.27. The molecule has 128 valence electrons. The number of aromatic nitrogens is 2. The maximum absolute atomic E-state index is 12.8. The molecule has 2 aromatic heterocycles. The average Bonchev–Trinajstić information content (AvgIpc) is 3.08. The Labute approximate surface area is 143 Å². The van der Waals surface area contributed by atoms with E-state index in [0.29, 0.717) is 5.69 Å². The van der Waals surface area contributed by atoms with Gasteiger partial charge in [0.25, 0.3) is 5.91 Å². The highest BCUT2D eigenvalue weighted by Gasteiger charge is 2.28. The van der Waals surface area contributed by atoms with E-state index in [0.717, 1.165) is 43.4 Å². The number of piperazine rings is 1. The van der Waals surface area contributed by atoms with Crippen LogP contribution in [-0.2, 0) is 0 Å². The Hall–Kier alpha value is -1.88. The van der Waals surface area contributed by atoms with Crippen LogP contribution in [0.15, 0.2) is 24.5 Å². The summed E-state index contributed by atoms with van der Waals surface area (Å²) >= 11 is 0. The van der Waals surface area contributed by atoms with Gasteiger partial charge in [0, 0.05) is 44.6 Å². The molecule has 1 aliphatic carbocycles. The van der Waals surface area contributed by atoms with E-state index in [1.54, 1.807) is 0 Å². The number of rotatable bonds is 2. The highest BCUT2D eigenvalue weighted by molar-refractivity contribution is 5.93. The molecule has 5 heteroatoms. The molecule has 5 nitrogen and oxygen atoms in total. The van der Waals surface area contributed by atoms with Crippen molar-refractivity contribution < 1.29 is 4.79 Å². The van der Waals surface area contributed by atoms with Gasteiger partial charge in [0.05, 0.1) is 0 Å². The summed E-state index contributed by atoms with van der Waals surface area (Å²) in [5, 5.41) is 0. The molecule has 3 heterocycles. The summed E-state index contributed by atoms with van der Waals surface area (Å²) in [4.78, 5) is 21.9. The zero-order valence-electron chi connectivity index (χ0n) is 14.4. The normalized spacial score (nSPS) is 20.6. The Balaban J connectivity index is 1.42. The Bertz CT molecular complexity index is 724. The monoisotopic (exact) mass is 326 g/mol.